The van der Waals surface area contributed by atoms with Gasteiger partial charge in [-0.25, -0.2) is 0 Å². The Morgan fingerprint density at radius 1 is 0.554 bits per heavy atom. The molecule has 0 aromatic rings. The van der Waals surface area contributed by atoms with E-state index in [-0.39, 0.29) is 60.3 Å². The van der Waals surface area contributed by atoms with E-state index in [1.807, 2.05) is 27.7 Å². The molecule has 422 valence electrons. The highest BCUT2D eigenvalue weighted by molar-refractivity contribution is 5.88. The molecule has 7 aliphatic heterocycles. The Balaban J connectivity index is 0.691. The average Bonchev–Trinajstić information content (AvgIpc) is 3.89. The molecular formula is C55H88O19. The molecule has 2 saturated carbocycles. The van der Waals surface area contributed by atoms with Crippen molar-refractivity contribution in [1.29, 1.82) is 0 Å². The molecule has 28 atom stereocenters. The molecule has 10 rings (SSSR count). The molecule has 7 saturated heterocycles. The van der Waals surface area contributed by atoms with Crippen molar-refractivity contribution in [3.63, 3.8) is 0 Å². The minimum absolute atomic E-state index is 0.0127. The van der Waals surface area contributed by atoms with Crippen molar-refractivity contribution in [2.75, 3.05) is 28.4 Å². The zero-order valence-corrected chi connectivity index (χ0v) is 45.8. The van der Waals surface area contributed by atoms with Crippen LogP contribution in [-0.2, 0) is 80.6 Å². The minimum atomic E-state index is -0.902. The first-order chi connectivity index (χ1) is 35.3. The van der Waals surface area contributed by atoms with Crippen LogP contribution >= 0.6 is 0 Å². The fourth-order valence-corrected chi connectivity index (χ4v) is 15.2. The lowest BCUT2D eigenvalue weighted by atomic mass is 9.56. The molecule has 1 spiro atoms. The van der Waals surface area contributed by atoms with E-state index in [0.717, 1.165) is 32.1 Å². The Bertz CT molecular complexity index is 1950. The summed E-state index contributed by atoms with van der Waals surface area (Å²) in [6.07, 6.45) is -1.11. The second-order valence-corrected chi connectivity index (χ2v) is 23.8. The summed E-state index contributed by atoms with van der Waals surface area (Å²) in [5, 5.41) is 21.6. The van der Waals surface area contributed by atoms with Gasteiger partial charge < -0.3 is 86.0 Å². The van der Waals surface area contributed by atoms with Crippen LogP contribution in [0.5, 0.6) is 0 Å². The van der Waals surface area contributed by atoms with Crippen molar-refractivity contribution < 1.29 is 90.8 Å². The summed E-state index contributed by atoms with van der Waals surface area (Å²) in [7, 11) is 6.55. The van der Waals surface area contributed by atoms with Crippen molar-refractivity contribution in [3.8, 4) is 0 Å². The zero-order valence-electron chi connectivity index (χ0n) is 45.8. The summed E-state index contributed by atoms with van der Waals surface area (Å²) in [4.78, 5) is 13.4. The second kappa shape index (κ2) is 22.3. The standard InChI is InChI=1S/C55H88O19/c1-26-34-13-14-41(57)54(34,8)42-25-40-53(7)17-16-33(19-32(53)15-18-55(40,73-26)74-42)68-44-22-37(60-10)51(29(4)65-44)71-47-24-39(62-12)52(31(6)67-47)72-46-23-38(61-11)50(30(5)66-46)70-43-20-35(56)49(28(3)64-43)69-45-21-36(59-9)48(58)27(2)63-45/h15,26-31,33-40,42-52,56,58H,13-14,16-25H2,1-12H3. The van der Waals surface area contributed by atoms with E-state index in [0.29, 0.717) is 44.3 Å². The van der Waals surface area contributed by atoms with E-state index in [1.54, 1.807) is 35.4 Å². The molecule has 2 N–H and O–H groups in total. The van der Waals surface area contributed by atoms with Gasteiger partial charge in [0.2, 0.25) is 0 Å². The molecule has 74 heavy (non-hydrogen) atoms. The molecular weight excluding hydrogens is 965 g/mol. The summed E-state index contributed by atoms with van der Waals surface area (Å²) in [5.41, 5.74) is 0.801. The number of aliphatic hydroxyl groups is 2. The Morgan fingerprint density at radius 2 is 1.03 bits per heavy atom. The van der Waals surface area contributed by atoms with Crippen molar-refractivity contribution >= 4 is 5.78 Å². The van der Waals surface area contributed by atoms with Crippen LogP contribution in [0.4, 0.5) is 0 Å². The third-order valence-electron chi connectivity index (χ3n) is 19.5. The van der Waals surface area contributed by atoms with Crippen molar-refractivity contribution in [2.24, 2.45) is 22.7 Å². The molecule has 2 bridgehead atoms. The smallest absolute Gasteiger partial charge is 0.176 e. The number of ketones is 1. The summed E-state index contributed by atoms with van der Waals surface area (Å²) >= 11 is 0. The minimum Gasteiger partial charge on any atom is -0.390 e. The van der Waals surface area contributed by atoms with Crippen LogP contribution in [0.3, 0.4) is 0 Å². The first-order valence-corrected chi connectivity index (χ1v) is 27.9. The van der Waals surface area contributed by atoms with Crippen LogP contribution < -0.4 is 0 Å². The van der Waals surface area contributed by atoms with Gasteiger partial charge in [-0.05, 0) is 86.0 Å². The number of fused-ring (bicyclic) bond motifs is 5. The molecule has 9 fully saturated rings. The number of aliphatic hydroxyl groups excluding tert-OH is 2. The number of rotatable bonds is 14. The first-order valence-electron chi connectivity index (χ1n) is 27.9. The number of ether oxygens (including phenoxy) is 16. The number of methoxy groups -OCH3 is 4. The molecule has 0 aromatic carbocycles. The third kappa shape index (κ3) is 10.4. The fourth-order valence-electron chi connectivity index (χ4n) is 15.2. The highest BCUT2D eigenvalue weighted by atomic mass is 16.8. The predicted octanol–water partition coefficient (Wildman–Crippen LogP) is 5.39. The molecule has 3 aliphatic carbocycles. The average molecular weight is 1050 g/mol. The normalized spacial score (nSPS) is 53.7. The Hall–Kier alpha value is -1.31. The third-order valence-corrected chi connectivity index (χ3v) is 19.5. The van der Waals surface area contributed by atoms with Gasteiger partial charge in [-0.3, -0.25) is 4.79 Å². The highest BCUT2D eigenvalue weighted by Gasteiger charge is 2.69. The summed E-state index contributed by atoms with van der Waals surface area (Å²) in [5.74, 6) is 0.0240. The van der Waals surface area contributed by atoms with E-state index in [9.17, 15) is 15.0 Å². The van der Waals surface area contributed by atoms with Gasteiger partial charge in [-0.15, -0.1) is 0 Å². The topological polar surface area (TPSA) is 205 Å². The van der Waals surface area contributed by atoms with E-state index in [1.165, 1.54) is 5.57 Å². The van der Waals surface area contributed by atoms with E-state index in [4.69, 9.17) is 75.8 Å². The monoisotopic (exact) mass is 1050 g/mol. The van der Waals surface area contributed by atoms with Crippen LogP contribution in [0.2, 0.25) is 0 Å². The van der Waals surface area contributed by atoms with Crippen molar-refractivity contribution in [3.05, 3.63) is 11.6 Å². The fraction of sp³-hybridized carbons (Fsp3) is 0.945. The Kier molecular flexibility index (Phi) is 16.9. The van der Waals surface area contributed by atoms with Gasteiger partial charge >= 0.3 is 0 Å². The molecule has 7 heterocycles. The van der Waals surface area contributed by atoms with Gasteiger partial charge in [0.05, 0.1) is 84.8 Å². The maximum Gasteiger partial charge on any atom is 0.176 e. The number of carbonyl (C=O) groups excluding carboxylic acids is 1. The molecule has 0 aromatic heterocycles. The molecule has 28 unspecified atom stereocenters. The van der Waals surface area contributed by atoms with Crippen LogP contribution in [-0.4, -0.2) is 192 Å². The lowest BCUT2D eigenvalue weighted by Crippen LogP contribution is -2.58. The summed E-state index contributed by atoms with van der Waals surface area (Å²) in [6.45, 7) is 16.1. The first kappa shape index (κ1) is 56.0. The summed E-state index contributed by atoms with van der Waals surface area (Å²) < 4.78 is 102. The Labute approximate surface area is 437 Å². The van der Waals surface area contributed by atoms with E-state index < -0.39 is 116 Å². The molecule has 19 nitrogen and oxygen atoms in total. The van der Waals surface area contributed by atoms with Gasteiger partial charge in [-0.2, -0.15) is 0 Å². The quantitative estimate of drug-likeness (QED) is 0.209. The predicted molar refractivity (Wildman–Crippen MR) is 261 cm³/mol. The SMILES string of the molecule is COC1CC(OC2C(O)CC(OC3C(C)OC(OC4C(C)OC(OC5C(C)OC(OC6CCC7(C)C(=CCC89OC(C)C%10CCC(=O)C%10(C)C(CC87)O9)C6)CC5OC)CC4OC)CC3OC)OC2C)OC(C)C1O. The number of carbonyl (C=O) groups is 1. The maximum absolute atomic E-state index is 13.4. The van der Waals surface area contributed by atoms with Crippen molar-refractivity contribution in [2.45, 2.75) is 280 Å². The molecule has 19 heteroatoms. The van der Waals surface area contributed by atoms with Gasteiger partial charge in [0, 0.05) is 85.2 Å². The lowest BCUT2D eigenvalue weighted by molar-refractivity contribution is -0.351. The van der Waals surface area contributed by atoms with E-state index in [2.05, 4.69) is 26.8 Å². The van der Waals surface area contributed by atoms with Gasteiger partial charge in [0.1, 0.15) is 36.3 Å². The molecule has 0 amide bonds. The van der Waals surface area contributed by atoms with Gasteiger partial charge in [-0.1, -0.05) is 18.6 Å². The van der Waals surface area contributed by atoms with Gasteiger partial charge in [0.15, 0.2) is 37.2 Å². The van der Waals surface area contributed by atoms with Crippen LogP contribution in [0.15, 0.2) is 11.6 Å². The van der Waals surface area contributed by atoms with E-state index >= 15 is 0 Å². The van der Waals surface area contributed by atoms with Crippen LogP contribution in [0.25, 0.3) is 0 Å². The second-order valence-electron chi connectivity index (χ2n) is 23.8. The molecule has 10 aliphatic rings. The lowest BCUT2D eigenvalue weighted by Gasteiger charge is -2.53. The van der Waals surface area contributed by atoms with Crippen molar-refractivity contribution in [1.82, 2.24) is 0 Å². The number of hydrogen-bond donors (Lipinski definition) is 2. The van der Waals surface area contributed by atoms with Gasteiger partial charge in [0.25, 0.3) is 0 Å². The largest absolute Gasteiger partial charge is 0.390 e. The number of Topliss-reactive ketones (excluding diaryl/α,β-unsaturated/α-hetero) is 1. The summed E-state index contributed by atoms with van der Waals surface area (Å²) in [6, 6.07) is 0. The highest BCUT2D eigenvalue weighted by Crippen LogP contribution is 2.66. The van der Waals surface area contributed by atoms with Crippen LogP contribution in [0, 0.1) is 22.7 Å². The maximum atomic E-state index is 13.4. The molecule has 0 radical (unpaired) electrons. The zero-order chi connectivity index (χ0) is 52.6. The van der Waals surface area contributed by atoms with Crippen LogP contribution in [0.1, 0.15) is 132 Å². The Morgan fingerprint density at radius 3 is 1.55 bits per heavy atom. The number of hydrogen-bond acceptors (Lipinski definition) is 19.